The molecule has 0 aromatic rings. The average Bonchev–Trinajstić information content (AvgIpc) is 2.14. The maximum atomic E-state index is 4.02. The van der Waals surface area contributed by atoms with Gasteiger partial charge < -0.3 is 0 Å². The normalized spacial score (nSPS) is 21.9. The van der Waals surface area contributed by atoms with Gasteiger partial charge in [0.1, 0.15) is 0 Å². The molecule has 0 N–H and O–H groups in total. The molecule has 0 amide bonds. The van der Waals surface area contributed by atoms with Crippen molar-refractivity contribution in [2.75, 3.05) is 0 Å². The van der Waals surface area contributed by atoms with Gasteiger partial charge in [0.25, 0.3) is 0 Å². The highest BCUT2D eigenvalue weighted by Gasteiger charge is 2.25. The fourth-order valence-electron chi connectivity index (χ4n) is 2.71. The van der Waals surface area contributed by atoms with Crippen LogP contribution in [0.4, 0.5) is 0 Å². The Bertz CT molecular complexity index is 167. The molecule has 0 saturated heterocycles. The molecular weight excluding hydrogens is 168 g/mol. The maximum Gasteiger partial charge on any atom is -0.0203 e. The van der Waals surface area contributed by atoms with Gasteiger partial charge in [0.2, 0.25) is 0 Å². The number of allylic oxidation sites excluding steroid dienone is 1. The van der Waals surface area contributed by atoms with Gasteiger partial charge in [0, 0.05) is 0 Å². The highest BCUT2D eigenvalue weighted by Crippen LogP contribution is 2.37. The lowest BCUT2D eigenvalue weighted by Gasteiger charge is -2.32. The van der Waals surface area contributed by atoms with Gasteiger partial charge in [0.15, 0.2) is 0 Å². The molecule has 1 atom stereocenters. The molecule has 82 valence electrons. The Balaban J connectivity index is 2.47. The van der Waals surface area contributed by atoms with E-state index in [0.29, 0.717) is 5.41 Å². The minimum absolute atomic E-state index is 0.455. The largest absolute Gasteiger partial charge is 0.103 e. The van der Waals surface area contributed by atoms with E-state index in [1.54, 1.807) is 0 Å². The van der Waals surface area contributed by atoms with Crippen LogP contribution in [-0.2, 0) is 0 Å². The van der Waals surface area contributed by atoms with Crippen LogP contribution in [0.1, 0.15) is 59.3 Å². The molecule has 0 bridgehead atoms. The molecule has 0 spiro atoms. The predicted octanol–water partition coefficient (Wildman–Crippen LogP) is 4.81. The number of hydrogen-bond donors (Lipinski definition) is 0. The second kappa shape index (κ2) is 5.00. The molecule has 1 fully saturated rings. The fraction of sp³-hybridized carbons (Fsp3) is 0.857. The highest BCUT2D eigenvalue weighted by molar-refractivity contribution is 4.88. The first-order valence-corrected chi connectivity index (χ1v) is 6.15. The Hall–Kier alpha value is -0.260. The minimum Gasteiger partial charge on any atom is -0.103 e. The van der Waals surface area contributed by atoms with E-state index in [9.17, 15) is 0 Å². The summed E-state index contributed by atoms with van der Waals surface area (Å²) in [5.41, 5.74) is 0.455. The third-order valence-corrected chi connectivity index (χ3v) is 3.41. The Kier molecular flexibility index (Phi) is 4.22. The van der Waals surface area contributed by atoms with E-state index >= 15 is 0 Å². The van der Waals surface area contributed by atoms with Gasteiger partial charge in [0.05, 0.1) is 0 Å². The summed E-state index contributed by atoms with van der Waals surface area (Å²) in [6, 6.07) is 0. The average molecular weight is 194 g/mol. The van der Waals surface area contributed by atoms with Gasteiger partial charge in [-0.3, -0.25) is 0 Å². The van der Waals surface area contributed by atoms with E-state index in [1.165, 1.54) is 38.5 Å². The Labute approximate surface area is 89.8 Å². The van der Waals surface area contributed by atoms with E-state index in [1.807, 2.05) is 0 Å². The van der Waals surface area contributed by atoms with Crippen molar-refractivity contribution < 1.29 is 0 Å². The fourth-order valence-corrected chi connectivity index (χ4v) is 2.71. The molecule has 0 aromatic carbocycles. The third kappa shape index (κ3) is 3.86. The van der Waals surface area contributed by atoms with Gasteiger partial charge in [-0.1, -0.05) is 46.1 Å². The summed E-state index contributed by atoms with van der Waals surface area (Å²) in [5.74, 6) is 1.69. The molecule has 0 heteroatoms. The summed E-state index contributed by atoms with van der Waals surface area (Å²) in [6.45, 7) is 11.0. The van der Waals surface area contributed by atoms with Gasteiger partial charge in [-0.2, -0.15) is 0 Å². The molecule has 1 aliphatic rings. The summed E-state index contributed by atoms with van der Waals surface area (Å²) < 4.78 is 0. The zero-order chi connectivity index (χ0) is 10.6. The van der Waals surface area contributed by atoms with Crippen LogP contribution in [0.5, 0.6) is 0 Å². The molecule has 0 unspecified atom stereocenters. The smallest absolute Gasteiger partial charge is 0.0203 e. The van der Waals surface area contributed by atoms with Crippen molar-refractivity contribution in [3.8, 4) is 0 Å². The van der Waals surface area contributed by atoms with Crippen molar-refractivity contribution in [3.63, 3.8) is 0 Å². The molecule has 0 radical (unpaired) electrons. The van der Waals surface area contributed by atoms with Crippen LogP contribution in [0.2, 0.25) is 0 Å². The van der Waals surface area contributed by atoms with Crippen molar-refractivity contribution in [1.82, 2.24) is 0 Å². The Morgan fingerprint density at radius 1 is 1.21 bits per heavy atom. The Morgan fingerprint density at radius 2 is 1.79 bits per heavy atom. The highest BCUT2D eigenvalue weighted by atomic mass is 14.3. The maximum absolute atomic E-state index is 4.02. The summed E-state index contributed by atoms with van der Waals surface area (Å²) in [7, 11) is 0. The molecule has 1 saturated carbocycles. The zero-order valence-electron chi connectivity index (χ0n) is 10.2. The van der Waals surface area contributed by atoms with Crippen molar-refractivity contribution in [2.24, 2.45) is 17.3 Å². The van der Waals surface area contributed by atoms with Crippen LogP contribution >= 0.6 is 0 Å². The summed E-state index contributed by atoms with van der Waals surface area (Å²) in [5, 5.41) is 0. The molecule has 0 nitrogen and oxygen atoms in total. The Morgan fingerprint density at radius 3 is 2.21 bits per heavy atom. The lowest BCUT2D eigenvalue weighted by atomic mass is 9.73. The first-order valence-electron chi connectivity index (χ1n) is 6.15. The van der Waals surface area contributed by atoms with E-state index in [2.05, 4.69) is 33.4 Å². The van der Waals surface area contributed by atoms with Crippen LogP contribution < -0.4 is 0 Å². The molecule has 0 aliphatic heterocycles. The van der Waals surface area contributed by atoms with Crippen LogP contribution in [0.3, 0.4) is 0 Å². The number of rotatable bonds is 3. The van der Waals surface area contributed by atoms with E-state index in [4.69, 9.17) is 0 Å². The van der Waals surface area contributed by atoms with Crippen LogP contribution in [0.25, 0.3) is 0 Å². The topological polar surface area (TPSA) is 0 Å². The van der Waals surface area contributed by atoms with Gasteiger partial charge >= 0.3 is 0 Å². The first kappa shape index (κ1) is 11.8. The van der Waals surface area contributed by atoms with Crippen molar-refractivity contribution in [3.05, 3.63) is 12.7 Å². The van der Waals surface area contributed by atoms with Crippen LogP contribution in [0.15, 0.2) is 12.7 Å². The van der Waals surface area contributed by atoms with Crippen LogP contribution in [-0.4, -0.2) is 0 Å². The van der Waals surface area contributed by atoms with Crippen molar-refractivity contribution in [2.45, 2.75) is 59.3 Å². The molecule has 1 aliphatic carbocycles. The SMILES string of the molecule is C=C[C@H](CC(C)(C)C)C1CCCCC1. The first-order chi connectivity index (χ1) is 6.53. The molecule has 1 rings (SSSR count). The lowest BCUT2D eigenvalue weighted by Crippen LogP contribution is -2.21. The van der Waals surface area contributed by atoms with Crippen molar-refractivity contribution in [1.29, 1.82) is 0 Å². The van der Waals surface area contributed by atoms with E-state index < -0.39 is 0 Å². The predicted molar refractivity (Wildman–Crippen MR) is 64.3 cm³/mol. The summed E-state index contributed by atoms with van der Waals surface area (Å²) >= 11 is 0. The standard InChI is InChI=1S/C14H26/c1-5-12(11-14(2,3)4)13-9-7-6-8-10-13/h5,12-13H,1,6-11H2,2-4H3/t12-/m1/s1. The lowest BCUT2D eigenvalue weighted by molar-refractivity contribution is 0.218. The molecule has 0 heterocycles. The van der Waals surface area contributed by atoms with E-state index in [-0.39, 0.29) is 0 Å². The summed E-state index contributed by atoms with van der Waals surface area (Å²) in [6.07, 6.45) is 10.7. The van der Waals surface area contributed by atoms with Gasteiger partial charge in [-0.15, -0.1) is 6.58 Å². The zero-order valence-corrected chi connectivity index (χ0v) is 10.2. The third-order valence-electron chi connectivity index (χ3n) is 3.41. The van der Waals surface area contributed by atoms with Crippen LogP contribution in [0, 0.1) is 17.3 Å². The second-order valence-electron chi connectivity index (χ2n) is 6.06. The second-order valence-corrected chi connectivity index (χ2v) is 6.06. The van der Waals surface area contributed by atoms with Gasteiger partial charge in [-0.25, -0.2) is 0 Å². The molecular formula is C14H26. The monoisotopic (exact) mass is 194 g/mol. The molecule has 14 heavy (non-hydrogen) atoms. The van der Waals surface area contributed by atoms with Gasteiger partial charge in [-0.05, 0) is 36.5 Å². The summed E-state index contributed by atoms with van der Waals surface area (Å²) in [4.78, 5) is 0. The van der Waals surface area contributed by atoms with E-state index in [0.717, 1.165) is 11.8 Å². The molecule has 0 aromatic heterocycles. The quantitative estimate of drug-likeness (QED) is 0.566. The van der Waals surface area contributed by atoms with Crippen molar-refractivity contribution >= 4 is 0 Å². The minimum atomic E-state index is 0.455. The number of hydrogen-bond acceptors (Lipinski definition) is 0.